The first-order valence-electron chi connectivity index (χ1n) is 4.27. The lowest BCUT2D eigenvalue weighted by Gasteiger charge is -2.24. The maximum Gasteiger partial charge on any atom is 0.320 e. The van der Waals surface area contributed by atoms with E-state index >= 15 is 0 Å². The van der Waals surface area contributed by atoms with Gasteiger partial charge < -0.3 is 21.1 Å². The van der Waals surface area contributed by atoms with Crippen molar-refractivity contribution in [2.75, 3.05) is 6.61 Å². The van der Waals surface area contributed by atoms with Crippen molar-refractivity contribution < 1.29 is 20.1 Å². The first-order valence-corrected chi connectivity index (χ1v) is 4.27. The van der Waals surface area contributed by atoms with E-state index in [1.165, 1.54) is 0 Å². The third-order valence-corrected chi connectivity index (χ3v) is 2.19. The molecule has 5 heteroatoms. The molecule has 0 aliphatic rings. The predicted octanol–water partition coefficient (Wildman–Crippen LogP) is -0.688. The Hall–Kier alpha value is -0.650. The molecular weight excluding hydrogens is 174 g/mol. The Balaban J connectivity index is 3.92. The Morgan fingerprint density at radius 2 is 2.15 bits per heavy atom. The molecule has 5 N–H and O–H groups in total. The summed E-state index contributed by atoms with van der Waals surface area (Å²) in [6.45, 7) is 1.36. The van der Waals surface area contributed by atoms with Crippen molar-refractivity contribution in [2.45, 2.75) is 37.8 Å². The fourth-order valence-corrected chi connectivity index (χ4v) is 0.915. The first kappa shape index (κ1) is 12.3. The van der Waals surface area contributed by atoms with E-state index in [1.807, 2.05) is 0 Å². The topological polar surface area (TPSA) is 104 Å². The smallest absolute Gasteiger partial charge is 0.320 e. The summed E-state index contributed by atoms with van der Waals surface area (Å²) in [5.41, 5.74) is 4.05. The van der Waals surface area contributed by atoms with Crippen LogP contribution in [0.3, 0.4) is 0 Å². The molecule has 78 valence electrons. The standard InChI is InChI=1S/C8H17NO4/c1-2-8(13,5-10)4-3-6(9)7(11)12/h6,10,13H,2-5,9H2,1H3,(H,11,12). The SMILES string of the molecule is CCC(O)(CO)CCC(N)C(=O)O. The summed E-state index contributed by atoms with van der Waals surface area (Å²) >= 11 is 0. The number of hydrogen-bond donors (Lipinski definition) is 4. The largest absolute Gasteiger partial charge is 0.480 e. The van der Waals surface area contributed by atoms with Crippen molar-refractivity contribution >= 4 is 5.97 Å². The highest BCUT2D eigenvalue weighted by molar-refractivity contribution is 5.72. The number of aliphatic hydroxyl groups is 2. The molecule has 0 aliphatic heterocycles. The number of hydrogen-bond acceptors (Lipinski definition) is 4. The number of carboxylic acids is 1. The van der Waals surface area contributed by atoms with E-state index in [2.05, 4.69) is 0 Å². The summed E-state index contributed by atoms with van der Waals surface area (Å²) in [5, 5.41) is 26.8. The molecule has 0 aliphatic carbocycles. The van der Waals surface area contributed by atoms with Crippen LogP contribution in [0.2, 0.25) is 0 Å². The number of nitrogens with two attached hydrogens (primary N) is 1. The maximum absolute atomic E-state index is 10.3. The van der Waals surface area contributed by atoms with Crippen molar-refractivity contribution in [3.8, 4) is 0 Å². The second-order valence-electron chi connectivity index (χ2n) is 3.22. The molecule has 0 heterocycles. The van der Waals surface area contributed by atoms with Gasteiger partial charge in [0.25, 0.3) is 0 Å². The third kappa shape index (κ3) is 4.21. The molecule has 13 heavy (non-hydrogen) atoms. The summed E-state index contributed by atoms with van der Waals surface area (Å²) in [6.07, 6.45) is 0.754. The van der Waals surface area contributed by atoms with E-state index in [0.717, 1.165) is 0 Å². The zero-order chi connectivity index (χ0) is 10.5. The van der Waals surface area contributed by atoms with Crippen LogP contribution in [-0.2, 0) is 4.79 Å². The lowest BCUT2D eigenvalue weighted by molar-refractivity contribution is -0.139. The Kier molecular flexibility index (Phi) is 4.90. The minimum Gasteiger partial charge on any atom is -0.480 e. The van der Waals surface area contributed by atoms with Crippen LogP contribution in [0, 0.1) is 0 Å². The van der Waals surface area contributed by atoms with Crippen molar-refractivity contribution in [3.05, 3.63) is 0 Å². The van der Waals surface area contributed by atoms with Gasteiger partial charge in [-0.3, -0.25) is 4.79 Å². The summed E-state index contributed by atoms with van der Waals surface area (Å²) in [6, 6.07) is -0.968. The highest BCUT2D eigenvalue weighted by atomic mass is 16.4. The quantitative estimate of drug-likeness (QED) is 0.445. The molecule has 0 saturated carbocycles. The Morgan fingerprint density at radius 3 is 2.46 bits per heavy atom. The fraction of sp³-hybridized carbons (Fsp3) is 0.875. The molecule has 0 fully saturated rings. The minimum absolute atomic E-state index is 0.167. The molecule has 0 spiro atoms. The Bertz CT molecular complexity index is 168. The lowest BCUT2D eigenvalue weighted by Crippen LogP contribution is -2.37. The van der Waals surface area contributed by atoms with Gasteiger partial charge in [-0.05, 0) is 19.3 Å². The van der Waals surface area contributed by atoms with Crippen molar-refractivity contribution in [1.29, 1.82) is 0 Å². The molecule has 5 nitrogen and oxygen atoms in total. The predicted molar refractivity (Wildman–Crippen MR) is 47.2 cm³/mol. The zero-order valence-electron chi connectivity index (χ0n) is 7.73. The zero-order valence-corrected chi connectivity index (χ0v) is 7.73. The number of rotatable bonds is 6. The van der Waals surface area contributed by atoms with Crippen LogP contribution in [0.1, 0.15) is 26.2 Å². The van der Waals surface area contributed by atoms with Gasteiger partial charge in [-0.1, -0.05) is 6.92 Å². The van der Waals surface area contributed by atoms with E-state index < -0.39 is 17.6 Å². The van der Waals surface area contributed by atoms with Crippen molar-refractivity contribution in [3.63, 3.8) is 0 Å². The van der Waals surface area contributed by atoms with Gasteiger partial charge in [0, 0.05) is 0 Å². The van der Waals surface area contributed by atoms with Crippen LogP contribution in [0.4, 0.5) is 0 Å². The van der Waals surface area contributed by atoms with Gasteiger partial charge >= 0.3 is 5.97 Å². The van der Waals surface area contributed by atoms with E-state index in [4.69, 9.17) is 15.9 Å². The summed E-state index contributed by atoms with van der Waals surface area (Å²) in [7, 11) is 0. The monoisotopic (exact) mass is 191 g/mol. The molecule has 0 bridgehead atoms. The van der Waals surface area contributed by atoms with Crippen molar-refractivity contribution in [2.24, 2.45) is 5.73 Å². The fourth-order valence-electron chi connectivity index (χ4n) is 0.915. The number of aliphatic carboxylic acids is 1. The molecule has 0 rings (SSSR count). The average Bonchev–Trinajstić information content (AvgIpc) is 2.13. The van der Waals surface area contributed by atoms with E-state index in [0.29, 0.717) is 6.42 Å². The van der Waals surface area contributed by atoms with Crippen LogP contribution < -0.4 is 5.73 Å². The van der Waals surface area contributed by atoms with Crippen LogP contribution in [-0.4, -0.2) is 39.5 Å². The van der Waals surface area contributed by atoms with Crippen LogP contribution in [0.15, 0.2) is 0 Å². The summed E-state index contributed by atoms with van der Waals surface area (Å²) < 4.78 is 0. The Morgan fingerprint density at radius 1 is 1.62 bits per heavy atom. The van der Waals surface area contributed by atoms with Gasteiger partial charge in [-0.25, -0.2) is 0 Å². The second kappa shape index (κ2) is 5.16. The van der Waals surface area contributed by atoms with E-state index in [9.17, 15) is 9.90 Å². The summed E-state index contributed by atoms with van der Waals surface area (Å²) in [5.74, 6) is -1.09. The Labute approximate surface area is 77.2 Å². The van der Waals surface area contributed by atoms with Gasteiger partial charge in [0.2, 0.25) is 0 Å². The van der Waals surface area contributed by atoms with Crippen LogP contribution in [0.25, 0.3) is 0 Å². The first-order chi connectivity index (χ1) is 5.95. The molecule has 2 unspecified atom stereocenters. The van der Waals surface area contributed by atoms with E-state index in [1.54, 1.807) is 6.92 Å². The average molecular weight is 191 g/mol. The lowest BCUT2D eigenvalue weighted by atomic mass is 9.93. The van der Waals surface area contributed by atoms with Gasteiger partial charge in [-0.2, -0.15) is 0 Å². The van der Waals surface area contributed by atoms with Gasteiger partial charge in [-0.15, -0.1) is 0 Å². The minimum atomic E-state index is -1.19. The van der Waals surface area contributed by atoms with Crippen LogP contribution in [0.5, 0.6) is 0 Å². The number of aliphatic hydroxyl groups excluding tert-OH is 1. The molecule has 0 amide bonds. The molecular formula is C8H17NO4. The molecule has 0 aromatic heterocycles. The maximum atomic E-state index is 10.3. The van der Waals surface area contributed by atoms with Gasteiger partial charge in [0.05, 0.1) is 12.2 Å². The highest BCUT2D eigenvalue weighted by Crippen LogP contribution is 2.16. The molecule has 0 saturated heterocycles. The molecule has 0 aromatic rings. The van der Waals surface area contributed by atoms with E-state index in [-0.39, 0.29) is 19.4 Å². The van der Waals surface area contributed by atoms with Crippen LogP contribution >= 0.6 is 0 Å². The number of carbonyl (C=O) groups is 1. The summed E-state index contributed by atoms with van der Waals surface area (Å²) in [4.78, 5) is 10.3. The van der Waals surface area contributed by atoms with Gasteiger partial charge in [0.1, 0.15) is 6.04 Å². The molecule has 0 radical (unpaired) electrons. The molecule has 0 aromatic carbocycles. The second-order valence-corrected chi connectivity index (χ2v) is 3.22. The third-order valence-electron chi connectivity index (χ3n) is 2.19. The van der Waals surface area contributed by atoms with Gasteiger partial charge in [0.15, 0.2) is 0 Å². The van der Waals surface area contributed by atoms with Crippen molar-refractivity contribution in [1.82, 2.24) is 0 Å². The molecule has 2 atom stereocenters. The highest BCUT2D eigenvalue weighted by Gasteiger charge is 2.25. The number of carboxylic acid groups (broad SMARTS) is 1. The normalized spacial score (nSPS) is 17.8.